The zero-order chi connectivity index (χ0) is 10.7. The summed E-state index contributed by atoms with van der Waals surface area (Å²) in [6.45, 7) is 0. The minimum Gasteiger partial charge on any atom is -0.870 e. The van der Waals surface area contributed by atoms with Gasteiger partial charge in [0.1, 0.15) is 0 Å². The van der Waals surface area contributed by atoms with Gasteiger partial charge in [0, 0.05) is 24.5 Å². The quantitative estimate of drug-likeness (QED) is 0.724. The average Bonchev–Trinajstić information content (AvgIpc) is 2.31. The van der Waals surface area contributed by atoms with E-state index in [-0.39, 0.29) is 5.48 Å². The summed E-state index contributed by atoms with van der Waals surface area (Å²) in [4.78, 5) is 8.72. The molecule has 4 nitrogen and oxygen atoms in total. The smallest absolute Gasteiger partial charge is 0.233 e. The number of rotatable bonds is 2. The Labute approximate surface area is 95.1 Å². The van der Waals surface area contributed by atoms with Gasteiger partial charge in [-0.1, -0.05) is 12.1 Å². The molecular weight excluding hydrogens is 202 g/mol. The van der Waals surface area contributed by atoms with E-state index >= 15 is 0 Å². The maximum absolute atomic E-state index is 4.36. The molecule has 0 aliphatic rings. The zero-order valence-electron chi connectivity index (χ0n) is 9.41. The topological polar surface area (TPSA) is 55.8 Å². The van der Waals surface area contributed by atoms with Gasteiger partial charge < -0.3 is 5.48 Å². The Morgan fingerprint density at radius 1 is 0.812 bits per heavy atom. The summed E-state index contributed by atoms with van der Waals surface area (Å²) in [6, 6.07) is 11.8. The lowest BCUT2D eigenvalue weighted by Crippen LogP contribution is -2.35. The maximum atomic E-state index is 4.36. The molecule has 0 amide bonds. The van der Waals surface area contributed by atoms with Crippen molar-refractivity contribution in [2.45, 2.75) is 0 Å². The fraction of sp³-hybridized carbons (Fsp3) is 0.167. The van der Waals surface area contributed by atoms with E-state index in [1.807, 2.05) is 36.4 Å². The van der Waals surface area contributed by atoms with Crippen molar-refractivity contribution in [3.8, 4) is 0 Å². The Kier molecular flexibility index (Phi) is 3.71. The molecule has 4 heteroatoms. The van der Waals surface area contributed by atoms with Gasteiger partial charge in [0.15, 0.2) is 0 Å². The van der Waals surface area contributed by atoms with Crippen molar-refractivity contribution in [1.82, 2.24) is 14.5 Å². The van der Waals surface area contributed by atoms with E-state index in [0.29, 0.717) is 4.48 Å². The number of hydrogen-bond donors (Lipinski definition) is 0. The van der Waals surface area contributed by atoms with Crippen molar-refractivity contribution in [2.75, 3.05) is 14.1 Å². The predicted octanol–water partition coefficient (Wildman–Crippen LogP) is 2.20. The van der Waals surface area contributed by atoms with E-state index < -0.39 is 0 Å². The molecule has 0 aliphatic heterocycles. The van der Waals surface area contributed by atoms with E-state index in [1.54, 1.807) is 12.4 Å². The number of pyridine rings is 2. The number of quaternary nitrogens is 1. The van der Waals surface area contributed by atoms with Crippen LogP contribution in [0.5, 0.6) is 0 Å². The molecule has 0 aromatic carbocycles. The van der Waals surface area contributed by atoms with Gasteiger partial charge in [-0.05, 0) is 12.1 Å². The molecule has 0 spiro atoms. The molecule has 0 saturated carbocycles. The van der Waals surface area contributed by atoms with Crippen molar-refractivity contribution >= 4 is 11.6 Å². The third kappa shape index (κ3) is 2.24. The maximum Gasteiger partial charge on any atom is 0.233 e. The first kappa shape index (κ1) is 12.3. The highest BCUT2D eigenvalue weighted by molar-refractivity contribution is 5.48. The first-order valence-electron chi connectivity index (χ1n) is 4.88. The van der Waals surface area contributed by atoms with Gasteiger partial charge in [0.25, 0.3) is 0 Å². The molecular formula is C12H15N3O. The predicted molar refractivity (Wildman–Crippen MR) is 63.7 cm³/mol. The molecule has 0 unspecified atom stereocenters. The van der Waals surface area contributed by atoms with Gasteiger partial charge in [0.2, 0.25) is 11.6 Å². The first-order valence-corrected chi connectivity index (χ1v) is 4.88. The van der Waals surface area contributed by atoms with E-state index in [0.717, 1.165) is 11.6 Å². The highest BCUT2D eigenvalue weighted by Crippen LogP contribution is 2.25. The van der Waals surface area contributed by atoms with Crippen LogP contribution in [0.1, 0.15) is 0 Å². The normalized spacial score (nSPS) is 10.6. The van der Waals surface area contributed by atoms with Crippen LogP contribution >= 0.6 is 0 Å². The third-order valence-electron chi connectivity index (χ3n) is 2.44. The summed E-state index contributed by atoms with van der Waals surface area (Å²) >= 11 is 0. The van der Waals surface area contributed by atoms with Crippen molar-refractivity contribution in [3.63, 3.8) is 0 Å². The minimum absolute atomic E-state index is 0. The lowest BCUT2D eigenvalue weighted by molar-refractivity contribution is 0.525. The average molecular weight is 217 g/mol. The van der Waals surface area contributed by atoms with E-state index in [9.17, 15) is 0 Å². The monoisotopic (exact) mass is 217 g/mol. The van der Waals surface area contributed by atoms with E-state index in [1.165, 1.54) is 0 Å². The molecule has 0 fully saturated rings. The van der Waals surface area contributed by atoms with Crippen molar-refractivity contribution in [3.05, 3.63) is 48.8 Å². The van der Waals surface area contributed by atoms with E-state index in [4.69, 9.17) is 0 Å². The Bertz CT molecular complexity index is 387. The zero-order valence-corrected chi connectivity index (χ0v) is 9.41. The van der Waals surface area contributed by atoms with Crippen LogP contribution in [0.3, 0.4) is 0 Å². The summed E-state index contributed by atoms with van der Waals surface area (Å²) in [5.41, 5.74) is 0. The number of hydrogen-bond acceptors (Lipinski definition) is 3. The van der Waals surface area contributed by atoms with Crippen LogP contribution < -0.4 is 4.48 Å². The summed E-state index contributed by atoms with van der Waals surface area (Å²) < 4.78 is 0.557. The molecule has 2 aromatic heterocycles. The standard InChI is InChI=1S/C12H14N3.H2O/c1-15(2,11-7-3-5-9-13-11)12-8-4-6-10-14-12;/h3-10H,1-2H3;1H2/q+1;/p-1. The van der Waals surface area contributed by atoms with Gasteiger partial charge in [-0.25, -0.2) is 14.5 Å². The van der Waals surface area contributed by atoms with Crippen LogP contribution in [0.25, 0.3) is 0 Å². The largest absolute Gasteiger partial charge is 0.870 e. The van der Waals surface area contributed by atoms with Gasteiger partial charge in [-0.15, -0.1) is 0 Å². The van der Waals surface area contributed by atoms with Crippen LogP contribution in [-0.2, 0) is 0 Å². The molecule has 2 rings (SSSR count). The van der Waals surface area contributed by atoms with Crippen molar-refractivity contribution < 1.29 is 5.48 Å². The summed E-state index contributed by atoms with van der Waals surface area (Å²) in [7, 11) is 4.15. The van der Waals surface area contributed by atoms with E-state index in [2.05, 4.69) is 24.1 Å². The number of aromatic nitrogens is 2. The van der Waals surface area contributed by atoms with Crippen LogP contribution in [0, 0.1) is 0 Å². The second-order valence-electron chi connectivity index (χ2n) is 3.83. The SMILES string of the molecule is C[N+](C)(c1ccccn1)c1ccccn1.[OH-]. The summed E-state index contributed by atoms with van der Waals surface area (Å²) in [5.74, 6) is 1.97. The molecule has 2 heterocycles. The van der Waals surface area contributed by atoms with Crippen LogP contribution in [0.15, 0.2) is 48.8 Å². The van der Waals surface area contributed by atoms with Gasteiger partial charge >= 0.3 is 0 Å². The molecule has 1 N–H and O–H groups in total. The fourth-order valence-electron chi connectivity index (χ4n) is 1.49. The molecule has 0 atom stereocenters. The first-order chi connectivity index (χ1) is 7.21. The molecule has 0 radical (unpaired) electrons. The lowest BCUT2D eigenvalue weighted by Gasteiger charge is -2.25. The highest BCUT2D eigenvalue weighted by atomic mass is 16.0. The van der Waals surface area contributed by atoms with Gasteiger partial charge in [0.05, 0.1) is 14.1 Å². The van der Waals surface area contributed by atoms with Crippen molar-refractivity contribution in [1.29, 1.82) is 0 Å². The van der Waals surface area contributed by atoms with Crippen LogP contribution in [0.4, 0.5) is 11.6 Å². The second kappa shape index (κ2) is 4.83. The highest BCUT2D eigenvalue weighted by Gasteiger charge is 2.24. The Hall–Kier alpha value is -1.78. The Morgan fingerprint density at radius 2 is 1.25 bits per heavy atom. The molecule has 16 heavy (non-hydrogen) atoms. The lowest BCUT2D eigenvalue weighted by atomic mass is 10.3. The molecule has 2 aromatic rings. The van der Waals surface area contributed by atoms with Gasteiger partial charge in [-0.3, -0.25) is 0 Å². The third-order valence-corrected chi connectivity index (χ3v) is 2.44. The molecule has 84 valence electrons. The van der Waals surface area contributed by atoms with Crippen LogP contribution in [0.2, 0.25) is 0 Å². The summed E-state index contributed by atoms with van der Waals surface area (Å²) in [6.07, 6.45) is 3.61. The molecule has 0 aliphatic carbocycles. The van der Waals surface area contributed by atoms with Crippen molar-refractivity contribution in [2.24, 2.45) is 0 Å². The van der Waals surface area contributed by atoms with Gasteiger partial charge in [-0.2, -0.15) is 0 Å². The Balaban J connectivity index is 0.00000128. The molecule has 0 saturated heterocycles. The minimum atomic E-state index is 0. The summed E-state index contributed by atoms with van der Waals surface area (Å²) in [5, 5.41) is 0. The second-order valence-corrected chi connectivity index (χ2v) is 3.83. The number of nitrogens with zero attached hydrogens (tertiary/aromatic N) is 3. The molecule has 0 bridgehead atoms. The van der Waals surface area contributed by atoms with Crippen LogP contribution in [-0.4, -0.2) is 29.5 Å². The Morgan fingerprint density at radius 3 is 1.56 bits per heavy atom. The fourth-order valence-corrected chi connectivity index (χ4v) is 1.49.